The molecule has 112 valence electrons. The van der Waals surface area contributed by atoms with Crippen molar-refractivity contribution in [1.29, 1.82) is 0 Å². The molecule has 4 heteroatoms. The van der Waals surface area contributed by atoms with Gasteiger partial charge in [0.25, 0.3) is 0 Å². The minimum atomic E-state index is -1.02. The number of carbonyl (C=O) groups is 2. The summed E-state index contributed by atoms with van der Waals surface area (Å²) in [5.74, 6) is -2.40. The summed E-state index contributed by atoms with van der Waals surface area (Å²) in [7, 11) is 0. The van der Waals surface area contributed by atoms with E-state index in [1.54, 1.807) is 13.0 Å². The third-order valence-corrected chi connectivity index (χ3v) is 4.42. The number of carboxylic acid groups (broad SMARTS) is 2. The van der Waals surface area contributed by atoms with E-state index in [0.717, 1.165) is 24.8 Å². The molecule has 2 unspecified atom stereocenters. The molecule has 2 atom stereocenters. The van der Waals surface area contributed by atoms with Crippen molar-refractivity contribution >= 4 is 11.9 Å². The van der Waals surface area contributed by atoms with E-state index in [-0.39, 0.29) is 5.57 Å². The Kier molecular flexibility index (Phi) is 5.54. The maximum atomic E-state index is 11.7. The molecule has 1 rings (SSSR count). The Balaban J connectivity index is 3.21. The lowest BCUT2D eigenvalue weighted by atomic mass is 9.63. The Hall–Kier alpha value is -1.58. The molecule has 4 nitrogen and oxygen atoms in total. The predicted octanol–water partition coefficient (Wildman–Crippen LogP) is 3.63. The first-order valence-electron chi connectivity index (χ1n) is 7.26. The number of aliphatic carboxylic acids is 2. The molecule has 0 saturated carbocycles. The second kappa shape index (κ2) is 6.73. The van der Waals surface area contributed by atoms with Gasteiger partial charge in [0, 0.05) is 11.5 Å². The first-order valence-corrected chi connectivity index (χ1v) is 7.26. The van der Waals surface area contributed by atoms with Crippen LogP contribution in [0, 0.1) is 11.3 Å². The van der Waals surface area contributed by atoms with Crippen molar-refractivity contribution in [2.75, 3.05) is 0 Å². The van der Waals surface area contributed by atoms with Gasteiger partial charge in [0.1, 0.15) is 0 Å². The van der Waals surface area contributed by atoms with Gasteiger partial charge in [-0.25, -0.2) is 4.79 Å². The number of carboxylic acids is 2. The fraction of sp³-hybridized carbons (Fsp3) is 0.625. The lowest BCUT2D eigenvalue weighted by molar-refractivity contribution is -0.152. The highest BCUT2D eigenvalue weighted by atomic mass is 16.4. The summed E-state index contributed by atoms with van der Waals surface area (Å²) < 4.78 is 0. The highest BCUT2D eigenvalue weighted by molar-refractivity contribution is 5.91. The average Bonchev–Trinajstić information content (AvgIpc) is 2.40. The highest BCUT2D eigenvalue weighted by Gasteiger charge is 2.47. The second-order valence-corrected chi connectivity index (χ2v) is 5.54. The summed E-state index contributed by atoms with van der Waals surface area (Å²) in [6.07, 6.45) is 7.46. The second-order valence-electron chi connectivity index (χ2n) is 5.54. The van der Waals surface area contributed by atoms with Crippen LogP contribution in [0.1, 0.15) is 52.9 Å². The van der Waals surface area contributed by atoms with E-state index in [0.29, 0.717) is 12.8 Å². The standard InChI is InChI=1S/C16H24O4/c1-4-6-7-8-12-9-13(14(17)18)11(3)16(5-2,10-12)15(19)20/h8-9,11H,4-7,10H2,1-3H3,(H,17,18)(H,19,20). The Bertz CT molecular complexity index is 447. The molecule has 0 heterocycles. The van der Waals surface area contributed by atoms with Crippen LogP contribution < -0.4 is 0 Å². The molecule has 0 saturated heterocycles. The SMILES string of the molecule is CCCCC=C1C=C(C(=O)O)C(C)C(CC)(C(=O)O)C1. The van der Waals surface area contributed by atoms with Gasteiger partial charge in [-0.1, -0.05) is 45.3 Å². The zero-order valence-corrected chi connectivity index (χ0v) is 12.5. The van der Waals surface area contributed by atoms with Crippen LogP contribution in [0.3, 0.4) is 0 Å². The van der Waals surface area contributed by atoms with E-state index in [1.807, 2.05) is 13.0 Å². The van der Waals surface area contributed by atoms with Crippen molar-refractivity contribution in [3.8, 4) is 0 Å². The summed E-state index contributed by atoms with van der Waals surface area (Å²) in [4.78, 5) is 23.1. The molecule has 0 aromatic heterocycles. The van der Waals surface area contributed by atoms with Crippen LogP contribution in [0.2, 0.25) is 0 Å². The van der Waals surface area contributed by atoms with E-state index < -0.39 is 23.3 Å². The van der Waals surface area contributed by atoms with Gasteiger partial charge < -0.3 is 10.2 Å². The van der Waals surface area contributed by atoms with Crippen LogP contribution in [-0.4, -0.2) is 22.2 Å². The minimum absolute atomic E-state index is 0.211. The molecule has 0 aromatic rings. The predicted molar refractivity (Wildman–Crippen MR) is 77.5 cm³/mol. The lowest BCUT2D eigenvalue weighted by Gasteiger charge is -2.38. The Labute approximate surface area is 120 Å². The third-order valence-electron chi connectivity index (χ3n) is 4.42. The van der Waals surface area contributed by atoms with Gasteiger partial charge in [-0.15, -0.1) is 0 Å². The van der Waals surface area contributed by atoms with Crippen LogP contribution in [0.4, 0.5) is 0 Å². The molecule has 20 heavy (non-hydrogen) atoms. The molecule has 0 aromatic carbocycles. The van der Waals surface area contributed by atoms with Gasteiger partial charge in [-0.05, 0) is 25.3 Å². The van der Waals surface area contributed by atoms with E-state index in [1.165, 1.54) is 0 Å². The summed E-state index contributed by atoms with van der Waals surface area (Å²) in [5, 5.41) is 18.9. The maximum absolute atomic E-state index is 11.7. The number of allylic oxidation sites excluding steroid dienone is 3. The maximum Gasteiger partial charge on any atom is 0.331 e. The van der Waals surface area contributed by atoms with Gasteiger partial charge in [0.2, 0.25) is 0 Å². The monoisotopic (exact) mass is 280 g/mol. The molecule has 0 fully saturated rings. The smallest absolute Gasteiger partial charge is 0.331 e. The van der Waals surface area contributed by atoms with Crippen LogP contribution in [-0.2, 0) is 9.59 Å². The molecule has 0 amide bonds. The van der Waals surface area contributed by atoms with Crippen molar-refractivity contribution in [2.24, 2.45) is 11.3 Å². The highest BCUT2D eigenvalue weighted by Crippen LogP contribution is 2.46. The molecule has 0 aliphatic heterocycles. The summed E-state index contributed by atoms with van der Waals surface area (Å²) in [6.45, 7) is 5.62. The first kappa shape index (κ1) is 16.5. The number of rotatable bonds is 6. The molecular formula is C16H24O4. The Morgan fingerprint density at radius 1 is 1.40 bits per heavy atom. The summed E-state index contributed by atoms with van der Waals surface area (Å²) in [6, 6.07) is 0. The fourth-order valence-electron chi connectivity index (χ4n) is 2.90. The van der Waals surface area contributed by atoms with Crippen molar-refractivity contribution in [3.63, 3.8) is 0 Å². The number of hydrogen-bond acceptors (Lipinski definition) is 2. The van der Waals surface area contributed by atoms with Crippen molar-refractivity contribution < 1.29 is 19.8 Å². The van der Waals surface area contributed by atoms with Gasteiger partial charge in [-0.2, -0.15) is 0 Å². The van der Waals surface area contributed by atoms with Crippen LogP contribution in [0.15, 0.2) is 23.3 Å². The van der Waals surface area contributed by atoms with Crippen molar-refractivity contribution in [1.82, 2.24) is 0 Å². The van der Waals surface area contributed by atoms with E-state index in [9.17, 15) is 19.8 Å². The molecule has 1 aliphatic carbocycles. The molecular weight excluding hydrogens is 256 g/mol. The van der Waals surface area contributed by atoms with Gasteiger partial charge in [-0.3, -0.25) is 4.79 Å². The fourth-order valence-corrected chi connectivity index (χ4v) is 2.90. The first-order chi connectivity index (χ1) is 9.39. The molecule has 1 aliphatic rings. The topological polar surface area (TPSA) is 74.6 Å². The number of hydrogen-bond donors (Lipinski definition) is 2. The van der Waals surface area contributed by atoms with E-state index in [2.05, 4.69) is 6.92 Å². The zero-order chi connectivity index (χ0) is 15.3. The van der Waals surface area contributed by atoms with Gasteiger partial charge in [0.15, 0.2) is 0 Å². The quantitative estimate of drug-likeness (QED) is 0.728. The van der Waals surface area contributed by atoms with E-state index >= 15 is 0 Å². The normalized spacial score (nSPS) is 28.2. The summed E-state index contributed by atoms with van der Waals surface area (Å²) >= 11 is 0. The molecule has 0 spiro atoms. The van der Waals surface area contributed by atoms with Gasteiger partial charge >= 0.3 is 11.9 Å². The average molecular weight is 280 g/mol. The molecule has 0 radical (unpaired) electrons. The van der Waals surface area contributed by atoms with Crippen LogP contribution in [0.5, 0.6) is 0 Å². The summed E-state index contributed by atoms with van der Waals surface area (Å²) in [5.41, 5.74) is 0.0574. The van der Waals surface area contributed by atoms with Crippen molar-refractivity contribution in [2.45, 2.75) is 52.9 Å². The lowest BCUT2D eigenvalue weighted by Crippen LogP contribution is -2.41. The van der Waals surface area contributed by atoms with Crippen LogP contribution >= 0.6 is 0 Å². The minimum Gasteiger partial charge on any atom is -0.481 e. The largest absolute Gasteiger partial charge is 0.481 e. The third kappa shape index (κ3) is 3.11. The molecule has 0 bridgehead atoms. The van der Waals surface area contributed by atoms with Crippen LogP contribution in [0.25, 0.3) is 0 Å². The Morgan fingerprint density at radius 2 is 2.05 bits per heavy atom. The Morgan fingerprint density at radius 3 is 2.50 bits per heavy atom. The van der Waals surface area contributed by atoms with Gasteiger partial charge in [0.05, 0.1) is 5.41 Å². The van der Waals surface area contributed by atoms with E-state index in [4.69, 9.17) is 0 Å². The molecule has 2 N–H and O–H groups in total. The number of unbranched alkanes of at least 4 members (excludes halogenated alkanes) is 2. The van der Waals surface area contributed by atoms with Crippen molar-refractivity contribution in [3.05, 3.63) is 23.3 Å². The zero-order valence-electron chi connectivity index (χ0n) is 12.5.